The molecule has 1 atom stereocenters. The van der Waals surface area contributed by atoms with Gasteiger partial charge in [0.15, 0.2) is 12.4 Å². The second-order valence-electron chi connectivity index (χ2n) is 5.50. The molecule has 1 aromatic carbocycles. The number of aliphatic hydroxyl groups is 1. The molecular weight excluding hydrogens is 296 g/mol. The van der Waals surface area contributed by atoms with Crippen molar-refractivity contribution in [2.45, 2.75) is 32.0 Å². The van der Waals surface area contributed by atoms with Crippen molar-refractivity contribution in [3.63, 3.8) is 0 Å². The number of aliphatic hydroxyl groups excluding tert-OH is 1. The summed E-state index contributed by atoms with van der Waals surface area (Å²) in [5.41, 5.74) is 2.02. The van der Waals surface area contributed by atoms with Crippen LogP contribution in [0.5, 0.6) is 5.75 Å². The second kappa shape index (κ2) is 5.89. The summed E-state index contributed by atoms with van der Waals surface area (Å²) in [6, 6.07) is 9.27. The molecule has 0 radical (unpaired) electrons. The molecule has 2 heterocycles. The van der Waals surface area contributed by atoms with Crippen LogP contribution in [0.25, 0.3) is 11.7 Å². The van der Waals surface area contributed by atoms with Crippen LogP contribution >= 0.6 is 0 Å². The van der Waals surface area contributed by atoms with Crippen LogP contribution in [0, 0.1) is 0 Å². The molecule has 1 aliphatic carbocycles. The molecule has 0 bridgehead atoms. The molecule has 1 unspecified atom stereocenters. The van der Waals surface area contributed by atoms with Crippen LogP contribution in [-0.2, 0) is 13.0 Å². The van der Waals surface area contributed by atoms with Gasteiger partial charge in [-0.3, -0.25) is 0 Å². The maximum absolute atomic E-state index is 10.1. The molecule has 23 heavy (non-hydrogen) atoms. The summed E-state index contributed by atoms with van der Waals surface area (Å²) in [6.07, 6.45) is 3.81. The Morgan fingerprint density at radius 2 is 2.17 bits per heavy atom. The van der Waals surface area contributed by atoms with E-state index in [1.165, 1.54) is 0 Å². The number of hydrogen-bond acceptors (Lipinski definition) is 6. The van der Waals surface area contributed by atoms with Gasteiger partial charge in [0.2, 0.25) is 0 Å². The van der Waals surface area contributed by atoms with Crippen molar-refractivity contribution in [3.05, 3.63) is 53.6 Å². The molecule has 0 aliphatic heterocycles. The van der Waals surface area contributed by atoms with Crippen molar-refractivity contribution in [1.29, 1.82) is 0 Å². The van der Waals surface area contributed by atoms with Crippen molar-refractivity contribution >= 4 is 0 Å². The van der Waals surface area contributed by atoms with E-state index >= 15 is 0 Å². The molecule has 0 fully saturated rings. The topological polar surface area (TPSA) is 81.5 Å². The van der Waals surface area contributed by atoms with Crippen LogP contribution in [0.4, 0.5) is 0 Å². The van der Waals surface area contributed by atoms with E-state index in [0.717, 1.165) is 36.1 Å². The molecule has 118 valence electrons. The summed E-state index contributed by atoms with van der Waals surface area (Å²) in [6.45, 7) is 0.181. The number of nitrogens with zero attached hydrogens (tertiary/aromatic N) is 2. The summed E-state index contributed by atoms with van der Waals surface area (Å²) < 4.78 is 16.6. The zero-order valence-corrected chi connectivity index (χ0v) is 12.4. The van der Waals surface area contributed by atoms with Gasteiger partial charge in [-0.05, 0) is 48.6 Å². The van der Waals surface area contributed by atoms with Gasteiger partial charge in [-0.1, -0.05) is 12.1 Å². The van der Waals surface area contributed by atoms with E-state index < -0.39 is 6.10 Å². The molecule has 3 aromatic rings. The summed E-state index contributed by atoms with van der Waals surface area (Å²) in [7, 11) is 0. The van der Waals surface area contributed by atoms with Crippen LogP contribution < -0.4 is 4.74 Å². The number of aromatic nitrogens is 2. The van der Waals surface area contributed by atoms with Gasteiger partial charge in [-0.2, -0.15) is 0 Å². The third kappa shape index (κ3) is 2.73. The lowest BCUT2D eigenvalue weighted by Gasteiger charge is -2.23. The Kier molecular flexibility index (Phi) is 3.59. The molecule has 1 aliphatic rings. The SMILES string of the molecule is OC1CCCc2c(OCc3nnc(-c4ccco4)o3)cccc21. The van der Waals surface area contributed by atoms with Gasteiger partial charge < -0.3 is 18.7 Å². The summed E-state index contributed by atoms with van der Waals surface area (Å²) in [5.74, 6) is 2.01. The first kappa shape index (κ1) is 14.0. The third-order valence-electron chi connectivity index (χ3n) is 3.98. The Morgan fingerprint density at radius 1 is 1.22 bits per heavy atom. The summed E-state index contributed by atoms with van der Waals surface area (Å²) in [5, 5.41) is 18.0. The average molecular weight is 312 g/mol. The zero-order chi connectivity index (χ0) is 15.6. The van der Waals surface area contributed by atoms with Gasteiger partial charge >= 0.3 is 0 Å². The highest BCUT2D eigenvalue weighted by Crippen LogP contribution is 2.35. The number of rotatable bonds is 4. The molecule has 2 aromatic heterocycles. The fourth-order valence-corrected chi connectivity index (χ4v) is 2.88. The van der Waals surface area contributed by atoms with E-state index in [9.17, 15) is 5.11 Å². The Labute approximate surface area is 132 Å². The van der Waals surface area contributed by atoms with Gasteiger partial charge in [-0.15, -0.1) is 10.2 Å². The first-order valence-electron chi connectivity index (χ1n) is 7.60. The molecule has 6 nitrogen and oxygen atoms in total. The minimum Gasteiger partial charge on any atom is -0.484 e. The number of benzene rings is 1. The van der Waals surface area contributed by atoms with E-state index in [0.29, 0.717) is 17.5 Å². The number of ether oxygens (including phenoxy) is 1. The predicted molar refractivity (Wildman–Crippen MR) is 80.7 cm³/mol. The normalized spacial score (nSPS) is 17.0. The smallest absolute Gasteiger partial charge is 0.283 e. The van der Waals surface area contributed by atoms with Gasteiger partial charge in [0.25, 0.3) is 11.8 Å². The highest BCUT2D eigenvalue weighted by atomic mass is 16.5. The maximum atomic E-state index is 10.1. The zero-order valence-electron chi connectivity index (χ0n) is 12.4. The lowest BCUT2D eigenvalue weighted by atomic mass is 9.89. The van der Waals surface area contributed by atoms with E-state index in [4.69, 9.17) is 13.6 Å². The average Bonchev–Trinajstić information content (AvgIpc) is 3.25. The molecule has 0 saturated carbocycles. The quantitative estimate of drug-likeness (QED) is 0.796. The Bertz CT molecular complexity index is 795. The molecule has 6 heteroatoms. The number of fused-ring (bicyclic) bond motifs is 1. The summed E-state index contributed by atoms with van der Waals surface area (Å²) >= 11 is 0. The fourth-order valence-electron chi connectivity index (χ4n) is 2.88. The molecule has 0 saturated heterocycles. The van der Waals surface area contributed by atoms with Gasteiger partial charge in [0.1, 0.15) is 5.75 Å². The minimum atomic E-state index is -0.406. The number of hydrogen-bond donors (Lipinski definition) is 1. The van der Waals surface area contributed by atoms with Crippen molar-refractivity contribution in [3.8, 4) is 17.4 Å². The highest BCUT2D eigenvalue weighted by Gasteiger charge is 2.21. The first-order valence-corrected chi connectivity index (χ1v) is 7.60. The molecule has 1 N–H and O–H groups in total. The van der Waals surface area contributed by atoms with Crippen molar-refractivity contribution in [1.82, 2.24) is 10.2 Å². The van der Waals surface area contributed by atoms with Crippen LogP contribution in [-0.4, -0.2) is 15.3 Å². The van der Waals surface area contributed by atoms with Crippen molar-refractivity contribution in [2.24, 2.45) is 0 Å². The lowest BCUT2D eigenvalue weighted by molar-refractivity contribution is 0.154. The third-order valence-corrected chi connectivity index (χ3v) is 3.98. The van der Waals surface area contributed by atoms with Crippen LogP contribution in [0.2, 0.25) is 0 Å². The minimum absolute atomic E-state index is 0.181. The number of furan rings is 1. The van der Waals surface area contributed by atoms with E-state index in [2.05, 4.69) is 10.2 Å². The van der Waals surface area contributed by atoms with E-state index in [-0.39, 0.29) is 6.61 Å². The van der Waals surface area contributed by atoms with Gasteiger partial charge in [-0.25, -0.2) is 0 Å². The second-order valence-corrected chi connectivity index (χ2v) is 5.50. The first-order chi connectivity index (χ1) is 11.3. The van der Waals surface area contributed by atoms with Crippen molar-refractivity contribution < 1.29 is 18.7 Å². The predicted octanol–water partition coefficient (Wildman–Crippen LogP) is 3.28. The van der Waals surface area contributed by atoms with Crippen molar-refractivity contribution in [2.75, 3.05) is 0 Å². The molecular formula is C17H16N2O4. The van der Waals surface area contributed by atoms with Crippen LogP contribution in [0.15, 0.2) is 45.4 Å². The maximum Gasteiger partial charge on any atom is 0.283 e. The Hall–Kier alpha value is -2.60. The van der Waals surface area contributed by atoms with E-state index in [1.807, 2.05) is 18.2 Å². The molecule has 0 amide bonds. The van der Waals surface area contributed by atoms with Gasteiger partial charge in [0.05, 0.1) is 12.4 Å². The fraction of sp³-hybridized carbons (Fsp3) is 0.294. The largest absolute Gasteiger partial charge is 0.484 e. The monoisotopic (exact) mass is 312 g/mol. The molecule has 0 spiro atoms. The Balaban J connectivity index is 1.51. The van der Waals surface area contributed by atoms with Gasteiger partial charge in [0, 0.05) is 0 Å². The molecule has 4 rings (SSSR count). The van der Waals surface area contributed by atoms with Crippen LogP contribution in [0.3, 0.4) is 0 Å². The Morgan fingerprint density at radius 3 is 3.04 bits per heavy atom. The standard InChI is InChI=1S/C17H16N2O4/c20-13-6-1-5-12-11(13)4-2-7-14(12)22-10-16-18-19-17(23-16)15-8-3-9-21-15/h2-4,7-9,13,20H,1,5-6,10H2. The van der Waals surface area contributed by atoms with Crippen LogP contribution in [0.1, 0.15) is 36.0 Å². The lowest BCUT2D eigenvalue weighted by Crippen LogP contribution is -2.11. The van der Waals surface area contributed by atoms with E-state index in [1.54, 1.807) is 18.4 Å². The highest BCUT2D eigenvalue weighted by molar-refractivity contribution is 5.43. The summed E-state index contributed by atoms with van der Waals surface area (Å²) in [4.78, 5) is 0.